The lowest BCUT2D eigenvalue weighted by Crippen LogP contribution is -2.47. The highest BCUT2D eigenvalue weighted by Crippen LogP contribution is 2.30. The zero-order valence-corrected chi connectivity index (χ0v) is 23.8. The van der Waals surface area contributed by atoms with Gasteiger partial charge >= 0.3 is 0 Å². The molecule has 0 radical (unpaired) electrons. The summed E-state index contributed by atoms with van der Waals surface area (Å²) < 4.78 is 2.03. The fourth-order valence-electron chi connectivity index (χ4n) is 6.94. The lowest BCUT2D eigenvalue weighted by Gasteiger charge is -2.40. The van der Waals surface area contributed by atoms with Crippen LogP contribution in [0.4, 0.5) is 0 Å². The Morgan fingerprint density at radius 3 is 2.41 bits per heavy atom. The molecule has 3 aliphatic rings. The Hall–Kier alpha value is -2.61. The third-order valence-electron chi connectivity index (χ3n) is 9.52. The molecule has 0 saturated carbocycles. The number of carbonyl (C=O) groups excluding carboxylic acids is 1. The minimum Gasteiger partial charge on any atom is -0.306 e. The molecule has 0 amide bonds. The van der Waals surface area contributed by atoms with Crippen LogP contribution in [0, 0.1) is 5.92 Å². The number of likely N-dealkylation sites (tertiary alicyclic amines) is 3. The number of hydrogen-bond donors (Lipinski definition) is 0. The highest BCUT2D eigenvalue weighted by molar-refractivity contribution is 5.89. The van der Waals surface area contributed by atoms with Crippen LogP contribution in [-0.4, -0.2) is 87.6 Å². The van der Waals surface area contributed by atoms with E-state index in [2.05, 4.69) is 63.1 Å². The first-order valence-electron chi connectivity index (χ1n) is 15.1. The lowest BCUT2D eigenvalue weighted by atomic mass is 9.88. The van der Waals surface area contributed by atoms with E-state index in [1.54, 1.807) is 0 Å². The van der Waals surface area contributed by atoms with Gasteiger partial charge in [0.05, 0.1) is 11.9 Å². The Bertz CT molecular complexity index is 1280. The Morgan fingerprint density at radius 2 is 1.64 bits per heavy atom. The number of hydrogen-bond acceptors (Lipinski definition) is 6. The first kappa shape index (κ1) is 26.6. The van der Waals surface area contributed by atoms with Crippen LogP contribution in [-0.2, 0) is 24.8 Å². The van der Waals surface area contributed by atoms with Crippen LogP contribution in [0.2, 0.25) is 0 Å². The molecule has 3 fully saturated rings. The SMILES string of the molecule is CN1CCC(N2CCC(C(=O)Cc3cc4cc(-c5cnn(C)c5CN5CCCCC5)ccc4cn3)CC2)CC1. The predicted octanol–water partition coefficient (Wildman–Crippen LogP) is 4.54. The number of fused-ring (bicyclic) bond motifs is 1. The number of ketones is 1. The summed E-state index contributed by atoms with van der Waals surface area (Å²) in [5.41, 5.74) is 4.55. The maximum atomic E-state index is 13.3. The fraction of sp³-hybridized carbons (Fsp3) is 0.594. The summed E-state index contributed by atoms with van der Waals surface area (Å²) in [6.45, 7) is 7.79. The maximum absolute atomic E-state index is 13.3. The topological polar surface area (TPSA) is 57.5 Å². The van der Waals surface area contributed by atoms with Crippen LogP contribution in [0.5, 0.6) is 0 Å². The molecule has 0 aliphatic carbocycles. The Labute approximate surface area is 233 Å². The summed E-state index contributed by atoms with van der Waals surface area (Å²) in [7, 11) is 4.27. The van der Waals surface area contributed by atoms with Gasteiger partial charge in [-0.3, -0.25) is 19.4 Å². The van der Waals surface area contributed by atoms with Crippen LogP contribution >= 0.6 is 0 Å². The first-order valence-corrected chi connectivity index (χ1v) is 15.1. The molecular weight excluding hydrogens is 484 g/mol. The van der Waals surface area contributed by atoms with E-state index in [0.717, 1.165) is 48.9 Å². The number of pyridine rings is 1. The number of Topliss-reactive ketones (excluding diaryl/α,β-unsaturated/α-hetero) is 1. The van der Waals surface area contributed by atoms with E-state index in [1.165, 1.54) is 75.1 Å². The van der Waals surface area contributed by atoms with E-state index >= 15 is 0 Å². The highest BCUT2D eigenvalue weighted by atomic mass is 16.1. The number of aryl methyl sites for hydroxylation is 1. The molecule has 0 spiro atoms. The normalized spacial score (nSPS) is 21.1. The molecule has 0 unspecified atom stereocenters. The van der Waals surface area contributed by atoms with Gasteiger partial charge in [-0.05, 0) is 108 Å². The van der Waals surface area contributed by atoms with Crippen molar-refractivity contribution in [3.8, 4) is 11.1 Å². The smallest absolute Gasteiger partial charge is 0.142 e. The quantitative estimate of drug-likeness (QED) is 0.449. The van der Waals surface area contributed by atoms with Gasteiger partial charge < -0.3 is 9.80 Å². The van der Waals surface area contributed by atoms with Gasteiger partial charge in [0.25, 0.3) is 0 Å². The molecule has 7 heteroatoms. The van der Waals surface area contributed by atoms with Gasteiger partial charge in [-0.25, -0.2) is 0 Å². The van der Waals surface area contributed by atoms with E-state index in [0.29, 0.717) is 18.2 Å². The summed E-state index contributed by atoms with van der Waals surface area (Å²) in [5, 5.41) is 6.88. The number of carbonyl (C=O) groups is 1. The fourth-order valence-corrected chi connectivity index (χ4v) is 6.94. The van der Waals surface area contributed by atoms with Crippen molar-refractivity contribution in [2.75, 3.05) is 46.3 Å². The zero-order chi connectivity index (χ0) is 26.8. The van der Waals surface area contributed by atoms with Crippen LogP contribution in [0.25, 0.3) is 21.9 Å². The number of rotatable bonds is 7. The largest absolute Gasteiger partial charge is 0.306 e. The van der Waals surface area contributed by atoms with Gasteiger partial charge in [-0.15, -0.1) is 0 Å². The molecule has 7 nitrogen and oxygen atoms in total. The average molecular weight is 529 g/mol. The van der Waals surface area contributed by atoms with Gasteiger partial charge in [-0.1, -0.05) is 18.6 Å². The van der Waals surface area contributed by atoms with Crippen LogP contribution in [0.15, 0.2) is 36.7 Å². The first-order chi connectivity index (χ1) is 19.0. The maximum Gasteiger partial charge on any atom is 0.142 e. The predicted molar refractivity (Wildman–Crippen MR) is 157 cm³/mol. The van der Waals surface area contributed by atoms with Gasteiger partial charge in [0, 0.05) is 54.8 Å². The van der Waals surface area contributed by atoms with Crippen LogP contribution in [0.3, 0.4) is 0 Å². The van der Waals surface area contributed by atoms with E-state index in [9.17, 15) is 4.79 Å². The van der Waals surface area contributed by atoms with Crippen molar-refractivity contribution in [1.82, 2.24) is 29.5 Å². The molecule has 3 aromatic rings. The van der Waals surface area contributed by atoms with E-state index < -0.39 is 0 Å². The molecule has 3 saturated heterocycles. The second-order valence-electron chi connectivity index (χ2n) is 12.2. The monoisotopic (exact) mass is 528 g/mol. The molecule has 1 aromatic carbocycles. The van der Waals surface area contributed by atoms with Crippen LogP contribution in [0.1, 0.15) is 56.3 Å². The van der Waals surface area contributed by atoms with E-state index in [-0.39, 0.29) is 5.92 Å². The molecular formula is C32H44N6O. The van der Waals surface area contributed by atoms with Crippen molar-refractivity contribution in [2.24, 2.45) is 13.0 Å². The van der Waals surface area contributed by atoms with Crippen molar-refractivity contribution in [1.29, 1.82) is 0 Å². The number of benzene rings is 1. The summed E-state index contributed by atoms with van der Waals surface area (Å²) in [6, 6.07) is 9.42. The van der Waals surface area contributed by atoms with E-state index in [1.807, 2.05) is 17.1 Å². The summed E-state index contributed by atoms with van der Waals surface area (Å²) in [4.78, 5) is 25.6. The Balaban J connectivity index is 1.12. The summed E-state index contributed by atoms with van der Waals surface area (Å²) in [6.07, 6.45) is 12.8. The van der Waals surface area contributed by atoms with Gasteiger partial charge in [0.2, 0.25) is 0 Å². The third-order valence-corrected chi connectivity index (χ3v) is 9.52. The van der Waals surface area contributed by atoms with Crippen LogP contribution < -0.4 is 0 Å². The minimum atomic E-state index is 0.170. The average Bonchev–Trinajstić information content (AvgIpc) is 3.33. The van der Waals surface area contributed by atoms with Gasteiger partial charge in [0.15, 0.2) is 0 Å². The van der Waals surface area contributed by atoms with Crippen molar-refractivity contribution in [3.05, 3.63) is 48.0 Å². The third kappa shape index (κ3) is 6.11. The van der Waals surface area contributed by atoms with Gasteiger partial charge in [-0.2, -0.15) is 5.10 Å². The Kier molecular flexibility index (Phi) is 8.09. The molecule has 3 aliphatic heterocycles. The molecule has 6 rings (SSSR count). The van der Waals surface area contributed by atoms with Crippen molar-refractivity contribution < 1.29 is 4.79 Å². The summed E-state index contributed by atoms with van der Waals surface area (Å²) in [5.74, 6) is 0.529. The molecule has 39 heavy (non-hydrogen) atoms. The summed E-state index contributed by atoms with van der Waals surface area (Å²) >= 11 is 0. The molecule has 0 N–H and O–H groups in total. The van der Waals surface area contributed by atoms with Gasteiger partial charge in [0.1, 0.15) is 5.78 Å². The molecule has 0 bridgehead atoms. The van der Waals surface area contributed by atoms with E-state index in [4.69, 9.17) is 0 Å². The number of nitrogens with zero attached hydrogens (tertiary/aromatic N) is 6. The number of aromatic nitrogens is 3. The zero-order valence-electron chi connectivity index (χ0n) is 23.8. The Morgan fingerprint density at radius 1 is 0.872 bits per heavy atom. The molecule has 0 atom stereocenters. The van der Waals surface area contributed by atoms with Crippen molar-refractivity contribution in [2.45, 2.75) is 64.0 Å². The standard InChI is InChI=1S/C32H44N6O/c1-35-14-10-29(11-15-35)38-16-8-24(9-17-38)32(39)20-28-19-27-18-25(6-7-26(27)21-33-28)30-22-34-36(2)31(30)23-37-12-4-3-5-13-37/h6-7,18-19,21-22,24,29H,3-5,8-17,20,23H2,1-2H3. The molecule has 2 aromatic heterocycles. The second kappa shape index (κ2) is 11.9. The minimum absolute atomic E-state index is 0.170. The molecule has 208 valence electrons. The molecule has 5 heterocycles. The number of piperidine rings is 3. The lowest BCUT2D eigenvalue weighted by molar-refractivity contribution is -0.124. The van der Waals surface area contributed by atoms with Crippen molar-refractivity contribution >= 4 is 16.6 Å². The second-order valence-corrected chi connectivity index (χ2v) is 12.2. The van der Waals surface area contributed by atoms with Crippen molar-refractivity contribution in [3.63, 3.8) is 0 Å². The highest BCUT2D eigenvalue weighted by Gasteiger charge is 2.30.